The molecule has 0 radical (unpaired) electrons. The molecule has 0 bridgehead atoms. The molecule has 0 saturated carbocycles. The molecule has 27 heavy (non-hydrogen) atoms. The highest BCUT2D eigenvalue weighted by atomic mass is 16.5. The van der Waals surface area contributed by atoms with Gasteiger partial charge in [-0.2, -0.15) is 0 Å². The van der Waals surface area contributed by atoms with Crippen LogP contribution in [0.2, 0.25) is 0 Å². The number of carbonyl (C=O) groups is 1. The predicted octanol–water partition coefficient (Wildman–Crippen LogP) is 2.93. The molecule has 0 aliphatic carbocycles. The predicted molar refractivity (Wildman–Crippen MR) is 100 cm³/mol. The van der Waals surface area contributed by atoms with Crippen molar-refractivity contribution in [3.8, 4) is 5.75 Å². The summed E-state index contributed by atoms with van der Waals surface area (Å²) in [5.41, 5.74) is 1.18. The van der Waals surface area contributed by atoms with Gasteiger partial charge in [0.1, 0.15) is 5.75 Å². The lowest BCUT2D eigenvalue weighted by Crippen LogP contribution is -2.44. The van der Waals surface area contributed by atoms with Gasteiger partial charge in [-0.25, -0.2) is 0 Å². The van der Waals surface area contributed by atoms with Gasteiger partial charge >= 0.3 is 0 Å². The molecule has 1 spiro atoms. The molecule has 2 N–H and O–H groups in total. The Bertz CT molecular complexity index is 749. The van der Waals surface area contributed by atoms with Crippen molar-refractivity contribution in [3.63, 3.8) is 0 Å². The van der Waals surface area contributed by atoms with E-state index in [4.69, 9.17) is 9.15 Å². The number of likely N-dealkylation sites (tertiary alicyclic amines) is 1. The molecule has 1 aromatic heterocycles. The third kappa shape index (κ3) is 4.34. The molecular weight excluding hydrogens is 344 g/mol. The highest BCUT2D eigenvalue weighted by Crippen LogP contribution is 2.39. The first-order valence-electron chi connectivity index (χ1n) is 9.62. The van der Waals surface area contributed by atoms with Crippen molar-refractivity contribution in [1.29, 1.82) is 0 Å². The van der Waals surface area contributed by atoms with Crippen molar-refractivity contribution < 1.29 is 19.1 Å². The fraction of sp³-hybridized carbons (Fsp3) is 0.476. The zero-order valence-electron chi connectivity index (χ0n) is 15.4. The number of phenols is 1. The maximum atomic E-state index is 12.0. The standard InChI is InChI=1S/C21H26N2O4/c24-17-5-3-16(4-6-17)15-23-11-9-21(10-12-23)8-7-18(27-21)14-22-20(25)19-2-1-13-26-19/h1-6,13,18,24H,7-12,14-15H2,(H,22,25)/t18-/m1/s1. The highest BCUT2D eigenvalue weighted by Gasteiger charge is 2.42. The number of ether oxygens (including phenoxy) is 1. The number of furan rings is 1. The summed E-state index contributed by atoms with van der Waals surface area (Å²) in [6, 6.07) is 10.8. The van der Waals surface area contributed by atoms with E-state index in [0.717, 1.165) is 45.3 Å². The van der Waals surface area contributed by atoms with Crippen LogP contribution in [0, 0.1) is 0 Å². The molecule has 6 heteroatoms. The average Bonchev–Trinajstić information content (AvgIpc) is 3.35. The average molecular weight is 370 g/mol. The van der Waals surface area contributed by atoms with Crippen molar-refractivity contribution in [2.24, 2.45) is 0 Å². The number of hydrogen-bond acceptors (Lipinski definition) is 5. The van der Waals surface area contributed by atoms with E-state index in [1.54, 1.807) is 24.3 Å². The molecule has 1 aromatic carbocycles. The van der Waals surface area contributed by atoms with Crippen LogP contribution in [0.5, 0.6) is 5.75 Å². The van der Waals surface area contributed by atoms with Crippen LogP contribution >= 0.6 is 0 Å². The number of amides is 1. The lowest BCUT2D eigenvalue weighted by molar-refractivity contribution is -0.0764. The fourth-order valence-corrected chi connectivity index (χ4v) is 4.09. The quantitative estimate of drug-likeness (QED) is 0.846. The van der Waals surface area contributed by atoms with Crippen LogP contribution in [0.15, 0.2) is 47.1 Å². The van der Waals surface area contributed by atoms with Gasteiger partial charge in [0, 0.05) is 26.2 Å². The van der Waals surface area contributed by atoms with Crippen LogP contribution in [0.3, 0.4) is 0 Å². The van der Waals surface area contributed by atoms with Gasteiger partial charge in [-0.1, -0.05) is 12.1 Å². The van der Waals surface area contributed by atoms with Crippen molar-refractivity contribution in [3.05, 3.63) is 54.0 Å². The lowest BCUT2D eigenvalue weighted by Gasteiger charge is -2.39. The molecule has 1 amide bonds. The molecular formula is C21H26N2O4. The van der Waals surface area contributed by atoms with Crippen molar-refractivity contribution in [2.75, 3.05) is 19.6 Å². The Morgan fingerprint density at radius 2 is 1.96 bits per heavy atom. The number of nitrogens with zero attached hydrogens (tertiary/aromatic N) is 1. The van der Waals surface area contributed by atoms with Gasteiger partial charge in [0.15, 0.2) is 5.76 Å². The number of rotatable bonds is 5. The van der Waals surface area contributed by atoms with E-state index in [1.165, 1.54) is 11.8 Å². The lowest BCUT2D eigenvalue weighted by atomic mass is 9.88. The number of piperidine rings is 1. The molecule has 2 aliphatic rings. The summed E-state index contributed by atoms with van der Waals surface area (Å²) in [5.74, 6) is 0.458. The Labute approximate surface area is 159 Å². The Kier molecular flexibility index (Phi) is 5.18. The van der Waals surface area contributed by atoms with Gasteiger partial charge in [0.25, 0.3) is 5.91 Å². The Balaban J connectivity index is 1.23. The first-order chi connectivity index (χ1) is 13.1. The Morgan fingerprint density at radius 3 is 2.67 bits per heavy atom. The second-order valence-corrected chi connectivity index (χ2v) is 7.59. The zero-order chi connectivity index (χ0) is 18.7. The van der Waals surface area contributed by atoms with Gasteiger partial charge < -0.3 is 19.6 Å². The number of nitrogens with one attached hydrogen (secondary N) is 1. The minimum Gasteiger partial charge on any atom is -0.508 e. The summed E-state index contributed by atoms with van der Waals surface area (Å²) in [4.78, 5) is 14.4. The van der Waals surface area contributed by atoms with Crippen LogP contribution < -0.4 is 5.32 Å². The summed E-state index contributed by atoms with van der Waals surface area (Å²) in [6.45, 7) is 3.44. The van der Waals surface area contributed by atoms with Crippen LogP contribution in [0.1, 0.15) is 41.8 Å². The molecule has 3 heterocycles. The molecule has 2 saturated heterocycles. The molecule has 2 aliphatic heterocycles. The van der Waals surface area contributed by atoms with E-state index in [2.05, 4.69) is 10.2 Å². The van der Waals surface area contributed by atoms with Crippen LogP contribution in [0.25, 0.3) is 0 Å². The second-order valence-electron chi connectivity index (χ2n) is 7.59. The SMILES string of the molecule is O=C(NC[C@H]1CCC2(CCN(Cc3ccc(O)cc3)CC2)O1)c1ccco1. The van der Waals surface area contributed by atoms with E-state index < -0.39 is 0 Å². The van der Waals surface area contributed by atoms with Gasteiger partial charge in [-0.15, -0.1) is 0 Å². The number of phenolic OH excluding ortho intramolecular Hbond substituents is 1. The molecule has 6 nitrogen and oxygen atoms in total. The van der Waals surface area contributed by atoms with E-state index in [1.807, 2.05) is 12.1 Å². The maximum absolute atomic E-state index is 12.0. The monoisotopic (exact) mass is 370 g/mol. The van der Waals surface area contributed by atoms with Crippen LogP contribution in [0.4, 0.5) is 0 Å². The third-order valence-electron chi connectivity index (χ3n) is 5.68. The smallest absolute Gasteiger partial charge is 0.287 e. The fourth-order valence-electron chi connectivity index (χ4n) is 4.09. The second kappa shape index (κ2) is 7.74. The van der Waals surface area contributed by atoms with E-state index in [9.17, 15) is 9.90 Å². The third-order valence-corrected chi connectivity index (χ3v) is 5.68. The molecule has 4 rings (SSSR count). The Hall–Kier alpha value is -2.31. The molecule has 2 fully saturated rings. The molecule has 2 aromatic rings. The van der Waals surface area contributed by atoms with Crippen LogP contribution in [-0.2, 0) is 11.3 Å². The topological polar surface area (TPSA) is 74.9 Å². The molecule has 1 atom stereocenters. The van der Waals surface area contributed by atoms with Gasteiger partial charge in [-0.05, 0) is 55.5 Å². The minimum atomic E-state index is -0.187. The maximum Gasteiger partial charge on any atom is 0.287 e. The summed E-state index contributed by atoms with van der Waals surface area (Å²) in [5, 5.41) is 12.3. The zero-order valence-corrected chi connectivity index (χ0v) is 15.4. The van der Waals surface area contributed by atoms with Crippen molar-refractivity contribution in [2.45, 2.75) is 43.9 Å². The summed E-state index contributed by atoms with van der Waals surface area (Å²) < 4.78 is 11.5. The van der Waals surface area contributed by atoms with E-state index in [-0.39, 0.29) is 17.6 Å². The summed E-state index contributed by atoms with van der Waals surface area (Å²) in [7, 11) is 0. The van der Waals surface area contributed by atoms with Crippen molar-refractivity contribution in [1.82, 2.24) is 10.2 Å². The van der Waals surface area contributed by atoms with Gasteiger partial charge in [0.2, 0.25) is 0 Å². The van der Waals surface area contributed by atoms with Crippen LogP contribution in [-0.4, -0.2) is 47.3 Å². The van der Waals surface area contributed by atoms with Gasteiger partial charge in [-0.3, -0.25) is 9.69 Å². The number of benzene rings is 1. The van der Waals surface area contributed by atoms with Crippen molar-refractivity contribution >= 4 is 5.91 Å². The molecule has 0 unspecified atom stereocenters. The highest BCUT2D eigenvalue weighted by molar-refractivity contribution is 5.91. The summed E-state index contributed by atoms with van der Waals surface area (Å²) >= 11 is 0. The first kappa shape index (κ1) is 18.1. The summed E-state index contributed by atoms with van der Waals surface area (Å²) in [6.07, 6.45) is 5.66. The van der Waals surface area contributed by atoms with E-state index in [0.29, 0.717) is 18.1 Å². The first-order valence-corrected chi connectivity index (χ1v) is 9.62. The number of hydrogen-bond donors (Lipinski definition) is 2. The Morgan fingerprint density at radius 1 is 1.19 bits per heavy atom. The van der Waals surface area contributed by atoms with E-state index >= 15 is 0 Å². The molecule has 144 valence electrons. The minimum absolute atomic E-state index is 0.0362. The number of aromatic hydroxyl groups is 1. The normalized spacial score (nSPS) is 22.1. The van der Waals surface area contributed by atoms with Gasteiger partial charge in [0.05, 0.1) is 18.0 Å². The largest absolute Gasteiger partial charge is 0.508 e. The number of carbonyl (C=O) groups excluding carboxylic acids is 1.